The quantitative estimate of drug-likeness (QED) is 0.483. The molecular formula is C10H13FN2O6. The molecule has 0 spiro atoms. The third-order valence-electron chi connectivity index (χ3n) is 3.09. The van der Waals surface area contributed by atoms with Crippen LogP contribution in [0, 0.1) is 0 Å². The minimum Gasteiger partial charge on any atom is -0.394 e. The molecule has 1 aromatic heterocycles. The summed E-state index contributed by atoms with van der Waals surface area (Å²) in [7, 11) is 0. The standard InChI is InChI=1S/C10H13FN2O6/c11-4-10(18)7(16)5(3-14)19-8(10)13-2-1-6(15)12-9(13)17/h1-2,5,7-8,14,16,18H,3-4H2,(H,12,15,17)/t5?,7?,8-,10-/m1/s1. The molecule has 0 radical (unpaired) electrons. The fourth-order valence-electron chi connectivity index (χ4n) is 2.03. The van der Waals surface area contributed by atoms with Crippen molar-refractivity contribution in [2.24, 2.45) is 0 Å². The van der Waals surface area contributed by atoms with Crippen LogP contribution in [0.15, 0.2) is 21.9 Å². The van der Waals surface area contributed by atoms with Crippen molar-refractivity contribution in [3.63, 3.8) is 0 Å². The van der Waals surface area contributed by atoms with Gasteiger partial charge in [-0.05, 0) is 0 Å². The van der Waals surface area contributed by atoms with Gasteiger partial charge in [0.25, 0.3) is 5.56 Å². The fourth-order valence-corrected chi connectivity index (χ4v) is 2.03. The predicted octanol–water partition coefficient (Wildman–Crippen LogP) is -2.51. The van der Waals surface area contributed by atoms with Crippen LogP contribution in [-0.4, -0.2) is 56.0 Å². The van der Waals surface area contributed by atoms with Gasteiger partial charge >= 0.3 is 5.69 Å². The van der Waals surface area contributed by atoms with Crippen LogP contribution in [0.3, 0.4) is 0 Å². The molecule has 4 N–H and O–H groups in total. The Morgan fingerprint density at radius 1 is 1.53 bits per heavy atom. The Balaban J connectivity index is 2.48. The lowest BCUT2D eigenvalue weighted by Crippen LogP contribution is -2.50. The first-order valence-electron chi connectivity index (χ1n) is 5.48. The lowest BCUT2D eigenvalue weighted by Gasteiger charge is -2.28. The van der Waals surface area contributed by atoms with E-state index in [1.165, 1.54) is 0 Å². The van der Waals surface area contributed by atoms with Crippen LogP contribution >= 0.6 is 0 Å². The van der Waals surface area contributed by atoms with E-state index in [9.17, 15) is 24.2 Å². The number of aliphatic hydroxyl groups excluding tert-OH is 2. The van der Waals surface area contributed by atoms with E-state index in [2.05, 4.69) is 0 Å². The number of aromatic nitrogens is 2. The molecule has 2 unspecified atom stereocenters. The fraction of sp³-hybridized carbons (Fsp3) is 0.600. The zero-order valence-corrected chi connectivity index (χ0v) is 9.69. The molecule has 1 aliphatic rings. The molecule has 1 aliphatic heterocycles. The van der Waals surface area contributed by atoms with Gasteiger partial charge in [0.2, 0.25) is 0 Å². The van der Waals surface area contributed by atoms with Crippen molar-refractivity contribution < 1.29 is 24.4 Å². The normalized spacial score (nSPS) is 34.6. The van der Waals surface area contributed by atoms with Crippen LogP contribution in [0.2, 0.25) is 0 Å². The summed E-state index contributed by atoms with van der Waals surface area (Å²) in [5, 5.41) is 28.8. The van der Waals surface area contributed by atoms with Crippen LogP contribution in [0.25, 0.3) is 0 Å². The van der Waals surface area contributed by atoms with Crippen molar-refractivity contribution in [1.29, 1.82) is 0 Å². The van der Waals surface area contributed by atoms with Crippen molar-refractivity contribution in [2.75, 3.05) is 13.3 Å². The number of nitrogens with zero attached hydrogens (tertiary/aromatic N) is 1. The molecule has 2 rings (SSSR count). The van der Waals surface area contributed by atoms with Gasteiger partial charge in [-0.3, -0.25) is 14.3 Å². The molecule has 0 aromatic carbocycles. The van der Waals surface area contributed by atoms with Gasteiger partial charge in [0, 0.05) is 12.3 Å². The minimum absolute atomic E-state index is 0.655. The van der Waals surface area contributed by atoms with Gasteiger partial charge in [-0.25, -0.2) is 9.18 Å². The summed E-state index contributed by atoms with van der Waals surface area (Å²) in [6.07, 6.45) is -3.47. The zero-order chi connectivity index (χ0) is 14.2. The Bertz CT molecular complexity index is 572. The van der Waals surface area contributed by atoms with Gasteiger partial charge in [-0.1, -0.05) is 0 Å². The largest absolute Gasteiger partial charge is 0.394 e. The molecule has 8 nitrogen and oxygen atoms in total. The van der Waals surface area contributed by atoms with E-state index < -0.39 is 48.6 Å². The van der Waals surface area contributed by atoms with Crippen molar-refractivity contribution in [2.45, 2.75) is 24.0 Å². The maximum absolute atomic E-state index is 13.0. The number of aromatic amines is 1. The first-order valence-corrected chi connectivity index (χ1v) is 5.48. The predicted molar refractivity (Wildman–Crippen MR) is 59.3 cm³/mol. The number of alkyl halides is 1. The number of nitrogens with one attached hydrogen (secondary N) is 1. The van der Waals surface area contributed by atoms with E-state index in [1.54, 1.807) is 0 Å². The number of rotatable bonds is 3. The SMILES string of the molecule is O=c1ccn([C@@H]2OC(CO)C(O)[C@]2(O)CF)c(=O)[nH]1. The molecule has 4 atom stereocenters. The number of halogens is 1. The van der Waals surface area contributed by atoms with Crippen LogP contribution < -0.4 is 11.2 Å². The maximum atomic E-state index is 13.0. The van der Waals surface area contributed by atoms with Crippen molar-refractivity contribution >= 4 is 0 Å². The Labute approximate surface area is 105 Å². The zero-order valence-electron chi connectivity index (χ0n) is 9.69. The van der Waals surface area contributed by atoms with E-state index in [0.29, 0.717) is 0 Å². The summed E-state index contributed by atoms with van der Waals surface area (Å²) < 4.78 is 18.9. The first kappa shape index (κ1) is 13.9. The lowest BCUT2D eigenvalue weighted by molar-refractivity contribution is -0.121. The van der Waals surface area contributed by atoms with E-state index in [-0.39, 0.29) is 0 Å². The first-order chi connectivity index (χ1) is 8.93. The molecule has 0 bridgehead atoms. The van der Waals surface area contributed by atoms with Crippen LogP contribution in [0.1, 0.15) is 6.23 Å². The molecule has 0 aliphatic carbocycles. The third-order valence-corrected chi connectivity index (χ3v) is 3.09. The van der Waals surface area contributed by atoms with E-state index in [0.717, 1.165) is 16.8 Å². The van der Waals surface area contributed by atoms with Crippen LogP contribution in [-0.2, 0) is 4.74 Å². The van der Waals surface area contributed by atoms with E-state index in [4.69, 9.17) is 9.84 Å². The number of hydrogen-bond donors (Lipinski definition) is 4. The highest BCUT2D eigenvalue weighted by Gasteiger charge is 2.56. The number of aliphatic hydroxyl groups is 3. The lowest BCUT2D eigenvalue weighted by atomic mass is 9.95. The maximum Gasteiger partial charge on any atom is 0.330 e. The van der Waals surface area contributed by atoms with Gasteiger partial charge in [0.05, 0.1) is 6.61 Å². The molecule has 106 valence electrons. The van der Waals surface area contributed by atoms with Gasteiger partial charge in [0.1, 0.15) is 18.9 Å². The minimum atomic E-state index is -2.38. The molecule has 1 saturated heterocycles. The third kappa shape index (κ3) is 2.10. The molecular weight excluding hydrogens is 263 g/mol. The second-order valence-electron chi connectivity index (χ2n) is 4.30. The molecule has 0 saturated carbocycles. The monoisotopic (exact) mass is 276 g/mol. The Morgan fingerprint density at radius 3 is 2.74 bits per heavy atom. The summed E-state index contributed by atoms with van der Waals surface area (Å²) >= 11 is 0. The number of ether oxygens (including phenoxy) is 1. The average Bonchev–Trinajstić information content (AvgIpc) is 2.63. The van der Waals surface area contributed by atoms with Crippen molar-refractivity contribution in [3.8, 4) is 0 Å². The summed E-state index contributed by atoms with van der Waals surface area (Å²) in [5.74, 6) is 0. The summed E-state index contributed by atoms with van der Waals surface area (Å²) in [4.78, 5) is 24.4. The summed E-state index contributed by atoms with van der Waals surface area (Å²) in [6, 6.07) is 0.988. The van der Waals surface area contributed by atoms with Crippen molar-refractivity contribution in [3.05, 3.63) is 33.1 Å². The highest BCUT2D eigenvalue weighted by Crippen LogP contribution is 2.37. The smallest absolute Gasteiger partial charge is 0.330 e. The van der Waals surface area contributed by atoms with Gasteiger partial charge in [-0.15, -0.1) is 0 Å². The Morgan fingerprint density at radius 2 is 2.21 bits per heavy atom. The van der Waals surface area contributed by atoms with Gasteiger partial charge in [-0.2, -0.15) is 0 Å². The molecule has 19 heavy (non-hydrogen) atoms. The van der Waals surface area contributed by atoms with Crippen LogP contribution in [0.5, 0.6) is 0 Å². The van der Waals surface area contributed by atoms with Crippen molar-refractivity contribution in [1.82, 2.24) is 9.55 Å². The van der Waals surface area contributed by atoms with E-state index in [1.807, 2.05) is 4.98 Å². The second kappa shape index (κ2) is 4.85. The Hall–Kier alpha value is -1.55. The number of H-pyrrole nitrogens is 1. The van der Waals surface area contributed by atoms with Gasteiger partial charge in [0.15, 0.2) is 11.8 Å². The number of hydrogen-bond acceptors (Lipinski definition) is 6. The highest BCUT2D eigenvalue weighted by molar-refractivity contribution is 5.03. The second-order valence-corrected chi connectivity index (χ2v) is 4.30. The molecule has 0 amide bonds. The summed E-state index contributed by atoms with van der Waals surface area (Å²) in [5.41, 5.74) is -3.97. The van der Waals surface area contributed by atoms with E-state index >= 15 is 0 Å². The van der Waals surface area contributed by atoms with Crippen LogP contribution in [0.4, 0.5) is 4.39 Å². The summed E-state index contributed by atoms with van der Waals surface area (Å²) in [6.45, 7) is -2.04. The topological polar surface area (TPSA) is 125 Å². The molecule has 1 aromatic rings. The molecule has 2 heterocycles. The highest BCUT2D eigenvalue weighted by atomic mass is 19.1. The Kier molecular flexibility index (Phi) is 3.54. The average molecular weight is 276 g/mol. The molecule has 9 heteroatoms. The van der Waals surface area contributed by atoms with Gasteiger partial charge < -0.3 is 20.1 Å². The molecule has 1 fully saturated rings.